The van der Waals surface area contributed by atoms with Gasteiger partial charge in [0.1, 0.15) is 0 Å². The Morgan fingerprint density at radius 2 is 1.83 bits per heavy atom. The van der Waals surface area contributed by atoms with Crippen LogP contribution in [-0.2, 0) is 11.2 Å². The molecule has 0 spiro atoms. The lowest BCUT2D eigenvalue weighted by atomic mass is 9.83. The average molecular weight is 389 g/mol. The van der Waals surface area contributed by atoms with Gasteiger partial charge in [-0.05, 0) is 40.8 Å². The van der Waals surface area contributed by atoms with Gasteiger partial charge in [0.05, 0.1) is 20.3 Å². The van der Waals surface area contributed by atoms with E-state index in [2.05, 4.69) is 24.3 Å². The van der Waals surface area contributed by atoms with Gasteiger partial charge in [-0.2, -0.15) is 0 Å². The van der Waals surface area contributed by atoms with Crippen molar-refractivity contribution in [3.05, 3.63) is 65.2 Å². The molecule has 2 atom stereocenters. The third kappa shape index (κ3) is 2.57. The Hall–Kier alpha value is -3.21. The average Bonchev–Trinajstić information content (AvgIpc) is 3.12. The molecule has 0 bridgehead atoms. The van der Waals surface area contributed by atoms with Gasteiger partial charge < -0.3 is 19.5 Å². The van der Waals surface area contributed by atoms with E-state index in [0.29, 0.717) is 24.3 Å². The number of carbonyl (C=O) groups is 1. The van der Waals surface area contributed by atoms with E-state index in [1.807, 2.05) is 29.2 Å². The van der Waals surface area contributed by atoms with E-state index in [1.165, 1.54) is 7.11 Å². The Bertz CT molecular complexity index is 1120. The van der Waals surface area contributed by atoms with E-state index in [4.69, 9.17) is 9.47 Å². The lowest BCUT2D eigenvalue weighted by Crippen LogP contribution is -2.42. The molecule has 1 N–H and O–H groups in total. The van der Waals surface area contributed by atoms with Crippen molar-refractivity contribution in [3.63, 3.8) is 0 Å². The number of phenolic OH excluding ortho intramolecular Hbond substituents is 1. The minimum Gasteiger partial charge on any atom is -0.504 e. The first kappa shape index (κ1) is 17.9. The highest BCUT2D eigenvalue weighted by Gasteiger charge is 2.44. The summed E-state index contributed by atoms with van der Waals surface area (Å²) in [6.45, 7) is 0. The first-order chi connectivity index (χ1) is 14.1. The van der Waals surface area contributed by atoms with Crippen LogP contribution in [0.25, 0.3) is 10.8 Å². The van der Waals surface area contributed by atoms with Gasteiger partial charge in [0, 0.05) is 18.0 Å². The Balaban J connectivity index is 1.82. The number of benzene rings is 3. The van der Waals surface area contributed by atoms with Gasteiger partial charge in [-0.1, -0.05) is 42.5 Å². The Labute approximate surface area is 169 Å². The van der Waals surface area contributed by atoms with Crippen LogP contribution in [0, 0.1) is 0 Å². The third-order valence-corrected chi connectivity index (χ3v) is 6.29. The maximum atomic E-state index is 12.9. The predicted molar refractivity (Wildman–Crippen MR) is 111 cm³/mol. The first-order valence-corrected chi connectivity index (χ1v) is 9.89. The fourth-order valence-electron chi connectivity index (χ4n) is 5.00. The second kappa shape index (κ2) is 6.69. The highest BCUT2D eigenvalue weighted by atomic mass is 16.5. The molecule has 5 rings (SSSR count). The molecule has 0 aromatic heterocycles. The summed E-state index contributed by atoms with van der Waals surface area (Å²) in [5, 5.41) is 13.2. The predicted octanol–water partition coefficient (Wildman–Crippen LogP) is 4.20. The number of hydrogen-bond acceptors (Lipinski definition) is 4. The van der Waals surface area contributed by atoms with Gasteiger partial charge in [-0.15, -0.1) is 0 Å². The molecule has 0 aliphatic carbocycles. The minimum absolute atomic E-state index is 0.0722. The molecule has 5 nitrogen and oxygen atoms in total. The number of rotatable bonds is 3. The zero-order chi connectivity index (χ0) is 20.1. The molecule has 2 heterocycles. The number of ether oxygens (including phenoxy) is 2. The SMILES string of the molecule is COc1cc2c(c(O)c1OC)C[C@@H]1CCC(=O)N1[C@H]2c1cccc2ccccc12. The van der Waals surface area contributed by atoms with E-state index in [1.54, 1.807) is 7.11 Å². The highest BCUT2D eigenvalue weighted by molar-refractivity contribution is 5.88. The van der Waals surface area contributed by atoms with Crippen LogP contribution in [0.5, 0.6) is 17.2 Å². The smallest absolute Gasteiger partial charge is 0.223 e. The van der Waals surface area contributed by atoms with Crippen molar-refractivity contribution in [2.45, 2.75) is 31.3 Å². The number of aromatic hydroxyl groups is 1. The van der Waals surface area contributed by atoms with Crippen molar-refractivity contribution >= 4 is 16.7 Å². The van der Waals surface area contributed by atoms with E-state index < -0.39 is 0 Å². The van der Waals surface area contributed by atoms with E-state index in [9.17, 15) is 9.90 Å². The first-order valence-electron chi connectivity index (χ1n) is 9.89. The van der Waals surface area contributed by atoms with Crippen molar-refractivity contribution in [2.24, 2.45) is 0 Å². The second-order valence-corrected chi connectivity index (χ2v) is 7.70. The van der Waals surface area contributed by atoms with Gasteiger partial charge in [0.25, 0.3) is 0 Å². The summed E-state index contributed by atoms with van der Waals surface area (Å²) in [6.07, 6.45) is 1.96. The molecular weight excluding hydrogens is 366 g/mol. The monoisotopic (exact) mass is 389 g/mol. The van der Waals surface area contributed by atoms with Crippen molar-refractivity contribution in [1.29, 1.82) is 0 Å². The molecule has 2 aliphatic rings. The summed E-state index contributed by atoms with van der Waals surface area (Å²) in [6, 6.07) is 16.1. The molecule has 148 valence electrons. The third-order valence-electron chi connectivity index (χ3n) is 6.29. The Kier molecular flexibility index (Phi) is 4.12. The topological polar surface area (TPSA) is 59.0 Å². The van der Waals surface area contributed by atoms with E-state index in [-0.39, 0.29) is 23.7 Å². The number of amides is 1. The van der Waals surface area contributed by atoms with E-state index in [0.717, 1.165) is 33.9 Å². The lowest BCUT2D eigenvalue weighted by molar-refractivity contribution is -0.131. The van der Waals surface area contributed by atoms with Crippen molar-refractivity contribution in [3.8, 4) is 17.2 Å². The summed E-state index contributed by atoms with van der Waals surface area (Å²) in [4.78, 5) is 14.9. The van der Waals surface area contributed by atoms with Crippen LogP contribution >= 0.6 is 0 Å². The van der Waals surface area contributed by atoms with E-state index >= 15 is 0 Å². The van der Waals surface area contributed by atoms with Crippen molar-refractivity contribution < 1.29 is 19.4 Å². The van der Waals surface area contributed by atoms with Gasteiger partial charge in [0.15, 0.2) is 11.5 Å². The molecule has 3 aromatic rings. The van der Waals surface area contributed by atoms with Gasteiger partial charge >= 0.3 is 0 Å². The molecule has 29 heavy (non-hydrogen) atoms. The van der Waals surface area contributed by atoms with Crippen LogP contribution in [0.2, 0.25) is 0 Å². The summed E-state index contributed by atoms with van der Waals surface area (Å²) in [7, 11) is 3.09. The van der Waals surface area contributed by atoms with Crippen LogP contribution in [-0.4, -0.2) is 36.2 Å². The number of nitrogens with zero attached hydrogens (tertiary/aromatic N) is 1. The standard InChI is InChI=1S/C24H23NO4/c1-28-20-13-18-19(23(27)24(20)29-2)12-15-10-11-21(26)25(15)22(18)17-9-5-7-14-6-3-4-8-16(14)17/h3-9,13,15,22,27H,10-12H2,1-2H3/t15-,22-/m0/s1. The molecule has 1 saturated heterocycles. The van der Waals surface area contributed by atoms with Gasteiger partial charge in [-0.25, -0.2) is 0 Å². The molecule has 0 unspecified atom stereocenters. The summed E-state index contributed by atoms with van der Waals surface area (Å²) < 4.78 is 10.9. The van der Waals surface area contributed by atoms with Crippen molar-refractivity contribution in [1.82, 2.24) is 4.90 Å². The normalized spacial score (nSPS) is 20.5. The Morgan fingerprint density at radius 3 is 2.62 bits per heavy atom. The summed E-state index contributed by atoms with van der Waals surface area (Å²) in [5.41, 5.74) is 2.82. The van der Waals surface area contributed by atoms with Gasteiger partial charge in [-0.3, -0.25) is 4.79 Å². The Morgan fingerprint density at radius 1 is 1.03 bits per heavy atom. The quantitative estimate of drug-likeness (QED) is 0.729. The summed E-state index contributed by atoms with van der Waals surface area (Å²) in [5.74, 6) is 1.10. The fraction of sp³-hybridized carbons (Fsp3) is 0.292. The van der Waals surface area contributed by atoms with Crippen LogP contribution in [0.15, 0.2) is 48.5 Å². The number of fused-ring (bicyclic) bond motifs is 3. The molecule has 1 amide bonds. The largest absolute Gasteiger partial charge is 0.504 e. The maximum Gasteiger partial charge on any atom is 0.223 e. The molecule has 0 radical (unpaired) electrons. The van der Waals surface area contributed by atoms with Crippen LogP contribution in [0.4, 0.5) is 0 Å². The van der Waals surface area contributed by atoms with Gasteiger partial charge in [0.2, 0.25) is 11.7 Å². The number of carbonyl (C=O) groups excluding carboxylic acids is 1. The second-order valence-electron chi connectivity index (χ2n) is 7.70. The molecule has 5 heteroatoms. The van der Waals surface area contributed by atoms with Crippen LogP contribution in [0.3, 0.4) is 0 Å². The van der Waals surface area contributed by atoms with Crippen molar-refractivity contribution in [2.75, 3.05) is 14.2 Å². The van der Waals surface area contributed by atoms with Crippen LogP contribution < -0.4 is 9.47 Å². The molecule has 0 saturated carbocycles. The number of phenols is 1. The number of methoxy groups -OCH3 is 2. The molecule has 2 aliphatic heterocycles. The minimum atomic E-state index is -0.268. The molecule has 3 aromatic carbocycles. The molecular formula is C24H23NO4. The maximum absolute atomic E-state index is 12.9. The lowest BCUT2D eigenvalue weighted by Gasteiger charge is -2.40. The zero-order valence-electron chi connectivity index (χ0n) is 16.5. The van der Waals surface area contributed by atoms with Crippen LogP contribution in [0.1, 0.15) is 35.6 Å². The fourth-order valence-corrected chi connectivity index (χ4v) is 5.00. The summed E-state index contributed by atoms with van der Waals surface area (Å²) >= 11 is 0. The number of hydrogen-bond donors (Lipinski definition) is 1. The molecule has 1 fully saturated rings. The zero-order valence-corrected chi connectivity index (χ0v) is 16.5. The highest BCUT2D eigenvalue weighted by Crippen LogP contribution is 2.51.